The van der Waals surface area contributed by atoms with Crippen molar-refractivity contribution in [3.8, 4) is 0 Å². The molecule has 6 amide bonds. The van der Waals surface area contributed by atoms with Crippen molar-refractivity contribution in [3.63, 3.8) is 0 Å². The molecular formula is C46H46F6N9O4+. The van der Waals surface area contributed by atoms with Crippen LogP contribution in [-0.4, -0.2) is 91.5 Å². The molecule has 0 fully saturated rings. The van der Waals surface area contributed by atoms with E-state index in [1.54, 1.807) is 48.5 Å². The van der Waals surface area contributed by atoms with Gasteiger partial charge in [-0.2, -0.15) is 26.3 Å². The van der Waals surface area contributed by atoms with E-state index < -0.39 is 59.4 Å². The minimum absolute atomic E-state index is 0.0418. The van der Waals surface area contributed by atoms with Gasteiger partial charge < -0.3 is 36.4 Å². The number of alkyl halides is 6. The van der Waals surface area contributed by atoms with E-state index in [4.69, 9.17) is 11.5 Å². The molecule has 0 saturated carbocycles. The second-order valence-corrected chi connectivity index (χ2v) is 17.0. The van der Waals surface area contributed by atoms with Gasteiger partial charge in [0.1, 0.15) is 0 Å². The van der Waals surface area contributed by atoms with Crippen molar-refractivity contribution in [2.75, 3.05) is 74.6 Å². The monoisotopic (exact) mass is 902 g/mol. The number of rotatable bonds is 12. The molecule has 4 heterocycles. The average molecular weight is 903 g/mol. The number of nitrogens with two attached hydrogens (primary N) is 2. The third-order valence-electron chi connectivity index (χ3n) is 12.2. The number of hydrogen-bond acceptors (Lipinski definition) is 6. The Morgan fingerprint density at radius 3 is 1.31 bits per heavy atom. The van der Waals surface area contributed by atoms with E-state index in [0.717, 1.165) is 34.1 Å². The third kappa shape index (κ3) is 8.67. The van der Waals surface area contributed by atoms with Crippen molar-refractivity contribution in [3.05, 3.63) is 142 Å². The number of quaternary nitrogens is 1. The van der Waals surface area contributed by atoms with Crippen LogP contribution in [0.5, 0.6) is 0 Å². The molecule has 0 saturated heterocycles. The Bertz CT molecular complexity index is 2430. The summed E-state index contributed by atoms with van der Waals surface area (Å²) < 4.78 is 83.6. The molecule has 4 aromatic rings. The molecule has 6 N–H and O–H groups in total. The van der Waals surface area contributed by atoms with Crippen LogP contribution in [0.4, 0.5) is 58.7 Å². The van der Waals surface area contributed by atoms with Gasteiger partial charge >= 0.3 is 24.4 Å². The van der Waals surface area contributed by atoms with E-state index in [1.165, 1.54) is 34.1 Å². The summed E-state index contributed by atoms with van der Waals surface area (Å²) in [5.41, 5.74) is 13.0. The van der Waals surface area contributed by atoms with Crippen LogP contribution in [0, 0.1) is 0 Å². The second kappa shape index (κ2) is 16.8. The van der Waals surface area contributed by atoms with E-state index in [9.17, 15) is 45.5 Å². The Balaban J connectivity index is 1.04. The standard InChI is InChI=1S/C46H45F6N9O4/c1-61(2,21-5-19-57-39(27-11-15-31(53)16-12-27)37-35(25-55-41(37)62)59(43(57)64)33-9-3-7-29(23-33)45(47,48)49)22-6-20-58-40(28-13-17-32(54)18-14-28)38-36(26-56-42(38)63)60(44(58)65)34-10-4-8-30(24-34)46(50,51)52/h3-4,7-18,23-24,39-40H,5-6,19-22,25-26,53-54H2,1-2H3,(H-,55,56,62,63)/p+1. The van der Waals surface area contributed by atoms with E-state index in [2.05, 4.69) is 10.6 Å². The van der Waals surface area contributed by atoms with Crippen LogP contribution >= 0.6 is 0 Å². The molecule has 19 heteroatoms. The molecule has 0 aromatic heterocycles. The highest BCUT2D eigenvalue weighted by atomic mass is 19.4. The van der Waals surface area contributed by atoms with Gasteiger partial charge in [-0.3, -0.25) is 19.4 Å². The Morgan fingerprint density at radius 1 is 0.585 bits per heavy atom. The van der Waals surface area contributed by atoms with E-state index in [1.807, 2.05) is 14.1 Å². The normalized spacial score (nSPS) is 19.3. The quantitative estimate of drug-likeness (QED) is 0.0671. The summed E-state index contributed by atoms with van der Waals surface area (Å²) in [5, 5.41) is 5.51. The Hall–Kier alpha value is -7.02. The molecule has 65 heavy (non-hydrogen) atoms. The van der Waals surface area contributed by atoms with Crippen molar-refractivity contribution in [2.24, 2.45) is 0 Å². The summed E-state index contributed by atoms with van der Waals surface area (Å²) in [6, 6.07) is 19.2. The Morgan fingerprint density at radius 2 is 0.954 bits per heavy atom. The lowest BCUT2D eigenvalue weighted by Crippen LogP contribution is -2.52. The van der Waals surface area contributed by atoms with Gasteiger partial charge in [-0.1, -0.05) is 36.4 Å². The van der Waals surface area contributed by atoms with Crippen molar-refractivity contribution in [2.45, 2.75) is 37.3 Å². The first-order valence-corrected chi connectivity index (χ1v) is 20.8. The topological polar surface area (TPSA) is 157 Å². The van der Waals surface area contributed by atoms with Gasteiger partial charge in [-0.25, -0.2) is 9.59 Å². The summed E-state index contributed by atoms with van der Waals surface area (Å²) in [5.74, 6) is -0.914. The number of benzene rings is 4. The highest BCUT2D eigenvalue weighted by molar-refractivity contribution is 6.08. The first-order valence-electron chi connectivity index (χ1n) is 20.8. The minimum Gasteiger partial charge on any atom is -0.399 e. The number of urea groups is 2. The van der Waals surface area contributed by atoms with Crippen molar-refractivity contribution in [1.29, 1.82) is 0 Å². The lowest BCUT2D eigenvalue weighted by atomic mass is 9.93. The van der Waals surface area contributed by atoms with Gasteiger partial charge in [0.05, 0.1) is 97.4 Å². The number of anilines is 4. The molecule has 0 aliphatic carbocycles. The molecule has 340 valence electrons. The van der Waals surface area contributed by atoms with Crippen LogP contribution in [0.2, 0.25) is 0 Å². The largest absolute Gasteiger partial charge is 0.416 e. The second-order valence-electron chi connectivity index (χ2n) is 17.0. The summed E-state index contributed by atoms with van der Waals surface area (Å²) in [7, 11) is 3.90. The number of carbonyl (C=O) groups excluding carboxylic acids is 4. The van der Waals surface area contributed by atoms with Crippen molar-refractivity contribution >= 4 is 46.6 Å². The zero-order valence-electron chi connectivity index (χ0n) is 35.3. The maximum Gasteiger partial charge on any atom is 0.416 e. The minimum atomic E-state index is -4.68. The fourth-order valence-electron chi connectivity index (χ4n) is 9.08. The lowest BCUT2D eigenvalue weighted by Gasteiger charge is -2.43. The fraction of sp³-hybridized carbons (Fsp3) is 0.304. The van der Waals surface area contributed by atoms with Gasteiger partial charge in [-0.05, 0) is 71.8 Å². The van der Waals surface area contributed by atoms with Crippen molar-refractivity contribution < 1.29 is 50.0 Å². The average Bonchev–Trinajstić information content (AvgIpc) is 3.82. The fourth-order valence-corrected chi connectivity index (χ4v) is 9.08. The predicted octanol–water partition coefficient (Wildman–Crippen LogP) is 7.18. The maximum atomic E-state index is 14.6. The number of amides is 6. The summed E-state index contributed by atoms with van der Waals surface area (Å²) in [6.07, 6.45) is -8.61. The van der Waals surface area contributed by atoms with Crippen LogP contribution < -0.4 is 31.9 Å². The van der Waals surface area contributed by atoms with Gasteiger partial charge in [0, 0.05) is 37.3 Å². The number of halogens is 6. The van der Waals surface area contributed by atoms with Gasteiger partial charge in [0.25, 0.3) is 11.8 Å². The van der Waals surface area contributed by atoms with E-state index in [0.29, 0.717) is 52.9 Å². The highest BCUT2D eigenvalue weighted by Gasteiger charge is 2.48. The molecule has 0 bridgehead atoms. The molecule has 4 aliphatic rings. The van der Waals surface area contributed by atoms with E-state index >= 15 is 0 Å². The van der Waals surface area contributed by atoms with Gasteiger partial charge in [-0.15, -0.1) is 0 Å². The van der Waals surface area contributed by atoms with E-state index in [-0.39, 0.29) is 60.1 Å². The number of carbonyl (C=O) groups is 4. The van der Waals surface area contributed by atoms with Crippen LogP contribution in [0.1, 0.15) is 47.2 Å². The lowest BCUT2D eigenvalue weighted by molar-refractivity contribution is -0.890. The van der Waals surface area contributed by atoms with Gasteiger partial charge in [0.15, 0.2) is 0 Å². The molecule has 8 rings (SSSR count). The maximum absolute atomic E-state index is 14.6. The molecular weight excluding hydrogens is 857 g/mol. The molecule has 0 spiro atoms. The zero-order chi connectivity index (χ0) is 46.6. The smallest absolute Gasteiger partial charge is 0.399 e. The van der Waals surface area contributed by atoms with Crippen LogP contribution in [0.3, 0.4) is 0 Å². The Kier molecular flexibility index (Phi) is 11.5. The summed E-state index contributed by atoms with van der Waals surface area (Å²) >= 11 is 0. The molecule has 13 nitrogen and oxygen atoms in total. The molecule has 2 unspecified atom stereocenters. The SMILES string of the molecule is C[N+](C)(CCCN1C(=O)N(c2cccc(C(F)(F)F)c2)C2=C(C(=O)NC2)C1c1ccc(N)cc1)CCCN1C(=O)N(c2cccc(C(F)(F)F)c2)C2=C(C(=O)NC2)C1c1ccc(N)cc1. The molecule has 4 aromatic carbocycles. The summed E-state index contributed by atoms with van der Waals surface area (Å²) in [6.45, 7) is 0.971. The van der Waals surface area contributed by atoms with Crippen LogP contribution in [0.25, 0.3) is 0 Å². The number of nitrogens with zero attached hydrogens (tertiary/aromatic N) is 5. The van der Waals surface area contributed by atoms with Crippen LogP contribution in [0.15, 0.2) is 120 Å². The molecule has 0 radical (unpaired) electrons. The number of nitrogen functional groups attached to an aromatic ring is 2. The third-order valence-corrected chi connectivity index (χ3v) is 12.2. The number of hydrogen-bond donors (Lipinski definition) is 4. The Labute approximate surface area is 370 Å². The highest BCUT2D eigenvalue weighted by Crippen LogP contribution is 2.45. The number of nitrogens with one attached hydrogen (secondary N) is 2. The first-order chi connectivity index (χ1) is 30.7. The zero-order valence-corrected chi connectivity index (χ0v) is 35.3. The summed E-state index contributed by atoms with van der Waals surface area (Å²) in [4.78, 5) is 61.6. The first kappa shape index (κ1) is 44.6. The van der Waals surface area contributed by atoms with Crippen molar-refractivity contribution in [1.82, 2.24) is 20.4 Å². The van der Waals surface area contributed by atoms with Gasteiger partial charge in [0.2, 0.25) is 0 Å². The molecule has 4 aliphatic heterocycles. The van der Waals surface area contributed by atoms with Crippen LogP contribution in [-0.2, 0) is 21.9 Å². The molecule has 2 atom stereocenters. The predicted molar refractivity (Wildman–Crippen MR) is 230 cm³/mol.